The monoisotopic (exact) mass is 501 g/mol. The first kappa shape index (κ1) is 29.6. The van der Waals surface area contributed by atoms with Crippen molar-refractivity contribution in [2.45, 2.75) is 75.7 Å². The van der Waals surface area contributed by atoms with Crippen molar-refractivity contribution in [2.75, 3.05) is 13.1 Å². The molecule has 3 amide bonds. The number of carbonyl (C=O) groups is 5. The zero-order valence-corrected chi connectivity index (χ0v) is 19.5. The molecule has 0 spiro atoms. The summed E-state index contributed by atoms with van der Waals surface area (Å²) in [6, 6.07) is -4.71. The molecule has 0 aromatic carbocycles. The topological polar surface area (TPSA) is 259 Å². The molecule has 15 heteroatoms. The van der Waals surface area contributed by atoms with Crippen molar-refractivity contribution in [3.63, 3.8) is 0 Å². The molecule has 0 aromatic rings. The van der Waals surface area contributed by atoms with Gasteiger partial charge in [0.2, 0.25) is 17.7 Å². The van der Waals surface area contributed by atoms with Crippen LogP contribution in [-0.2, 0) is 24.0 Å². The lowest BCUT2D eigenvalue weighted by Crippen LogP contribution is -2.59. The minimum Gasteiger partial charge on any atom is -0.481 e. The molecule has 0 radical (unpaired) electrons. The van der Waals surface area contributed by atoms with Gasteiger partial charge in [-0.15, -0.1) is 0 Å². The van der Waals surface area contributed by atoms with Crippen molar-refractivity contribution in [1.82, 2.24) is 21.3 Å². The number of aliphatic carboxylic acids is 2. The number of carbonyl (C=O) groups excluding carboxylic acids is 3. The number of carboxylic acid groups (broad SMARTS) is 2. The molecular formula is C20H35N7O8. The summed E-state index contributed by atoms with van der Waals surface area (Å²) in [5, 5.41) is 38.4. The molecule has 1 heterocycles. The minimum absolute atomic E-state index is 0.0296. The fourth-order valence-electron chi connectivity index (χ4n) is 3.40. The van der Waals surface area contributed by atoms with Crippen LogP contribution in [0, 0.1) is 0 Å². The molecule has 1 aliphatic rings. The largest absolute Gasteiger partial charge is 0.481 e. The second-order valence-corrected chi connectivity index (χ2v) is 8.22. The third-order valence-electron chi connectivity index (χ3n) is 5.28. The molecule has 0 aromatic heterocycles. The summed E-state index contributed by atoms with van der Waals surface area (Å²) in [6.07, 6.45) is -0.645. The zero-order chi connectivity index (χ0) is 26.5. The van der Waals surface area contributed by atoms with Crippen LogP contribution < -0.4 is 32.7 Å². The molecule has 0 saturated carbocycles. The third-order valence-corrected chi connectivity index (χ3v) is 5.28. The quantitative estimate of drug-likeness (QED) is 0.0606. The number of nitrogens with two attached hydrogens (primary N) is 2. The van der Waals surface area contributed by atoms with Gasteiger partial charge in [-0.25, -0.2) is 4.79 Å². The Morgan fingerprint density at radius 3 is 2.20 bits per heavy atom. The Balaban J connectivity index is 2.88. The predicted molar refractivity (Wildman–Crippen MR) is 123 cm³/mol. The molecule has 198 valence electrons. The molecule has 0 aliphatic carbocycles. The van der Waals surface area contributed by atoms with Gasteiger partial charge in [-0.05, 0) is 45.6 Å². The second-order valence-electron chi connectivity index (χ2n) is 8.22. The van der Waals surface area contributed by atoms with E-state index in [1.54, 1.807) is 0 Å². The van der Waals surface area contributed by atoms with Crippen LogP contribution in [0.15, 0.2) is 4.99 Å². The highest BCUT2D eigenvalue weighted by molar-refractivity contribution is 5.94. The fraction of sp³-hybridized carbons (Fsp3) is 0.700. The van der Waals surface area contributed by atoms with E-state index >= 15 is 0 Å². The fourth-order valence-corrected chi connectivity index (χ4v) is 3.40. The highest BCUT2D eigenvalue weighted by Gasteiger charge is 2.33. The van der Waals surface area contributed by atoms with Crippen molar-refractivity contribution in [3.05, 3.63) is 0 Å². The van der Waals surface area contributed by atoms with Gasteiger partial charge in [0.25, 0.3) is 0 Å². The highest BCUT2D eigenvalue weighted by atomic mass is 16.4. The summed E-state index contributed by atoms with van der Waals surface area (Å²) in [5.74, 6) is -5.09. The van der Waals surface area contributed by atoms with Gasteiger partial charge < -0.3 is 48.1 Å². The minimum atomic E-state index is -1.43. The van der Waals surface area contributed by atoms with Gasteiger partial charge in [-0.1, -0.05) is 0 Å². The molecule has 1 saturated heterocycles. The summed E-state index contributed by atoms with van der Waals surface area (Å²) in [7, 11) is 0. The summed E-state index contributed by atoms with van der Waals surface area (Å²) < 4.78 is 0. The van der Waals surface area contributed by atoms with Gasteiger partial charge in [-0.2, -0.15) is 0 Å². The Morgan fingerprint density at radius 2 is 1.69 bits per heavy atom. The molecule has 11 N–H and O–H groups in total. The standard InChI is InChI=1S/C20H35N7O8/c1-10(28)15(27-16(31)11-4-2-8-23-11)18(33)25-12(6-7-14(29)30)17(32)26-13(19(34)35)5-3-9-24-20(21)22/h10-13,15,23,28H,2-9H2,1H3,(H,25,33)(H,26,32)(H,27,31)(H,29,30)(H,34,35)(H4,21,22,24). The molecule has 15 nitrogen and oxygen atoms in total. The number of hydrogen-bond acceptors (Lipinski definition) is 8. The second kappa shape index (κ2) is 14.7. The molecule has 1 fully saturated rings. The third kappa shape index (κ3) is 11.0. The van der Waals surface area contributed by atoms with E-state index in [4.69, 9.17) is 16.6 Å². The summed E-state index contributed by atoms with van der Waals surface area (Å²) in [5.41, 5.74) is 10.4. The number of aliphatic hydroxyl groups is 1. The number of guanidine groups is 1. The van der Waals surface area contributed by atoms with Crippen molar-refractivity contribution in [3.8, 4) is 0 Å². The lowest BCUT2D eigenvalue weighted by molar-refractivity contribution is -0.143. The van der Waals surface area contributed by atoms with Crippen molar-refractivity contribution >= 4 is 35.6 Å². The van der Waals surface area contributed by atoms with Gasteiger partial charge >= 0.3 is 11.9 Å². The van der Waals surface area contributed by atoms with E-state index in [1.807, 2.05) is 0 Å². The number of amides is 3. The number of aliphatic hydroxyl groups excluding tert-OH is 1. The van der Waals surface area contributed by atoms with E-state index in [-0.39, 0.29) is 31.8 Å². The highest BCUT2D eigenvalue weighted by Crippen LogP contribution is 2.07. The summed E-state index contributed by atoms with van der Waals surface area (Å²) in [6.45, 7) is 2.04. The summed E-state index contributed by atoms with van der Waals surface area (Å²) >= 11 is 0. The van der Waals surface area contributed by atoms with Crippen LogP contribution in [0.5, 0.6) is 0 Å². The molecule has 0 bridgehead atoms. The smallest absolute Gasteiger partial charge is 0.326 e. The number of nitrogens with one attached hydrogen (secondary N) is 4. The Labute approximate surface area is 202 Å². The van der Waals surface area contributed by atoms with Crippen LogP contribution in [-0.4, -0.2) is 94.3 Å². The number of aliphatic imine (C=N–C) groups is 1. The SMILES string of the molecule is CC(O)C(NC(=O)C1CCCN1)C(=O)NC(CCC(=O)O)C(=O)NC(CCCN=C(N)N)C(=O)O. The molecule has 1 rings (SSSR count). The maximum Gasteiger partial charge on any atom is 0.326 e. The van der Waals surface area contributed by atoms with E-state index < -0.39 is 66.4 Å². The van der Waals surface area contributed by atoms with Crippen LogP contribution in [0.4, 0.5) is 0 Å². The molecule has 1 aliphatic heterocycles. The Hall–Kier alpha value is -3.46. The van der Waals surface area contributed by atoms with E-state index in [2.05, 4.69) is 26.3 Å². The first-order valence-electron chi connectivity index (χ1n) is 11.2. The molecule has 5 atom stereocenters. The molecular weight excluding hydrogens is 466 g/mol. The molecule has 35 heavy (non-hydrogen) atoms. The Kier molecular flexibility index (Phi) is 12.4. The average molecular weight is 502 g/mol. The van der Waals surface area contributed by atoms with Crippen LogP contribution in [0.3, 0.4) is 0 Å². The lowest BCUT2D eigenvalue weighted by Gasteiger charge is -2.26. The maximum absolute atomic E-state index is 12.8. The Morgan fingerprint density at radius 1 is 1.03 bits per heavy atom. The average Bonchev–Trinajstić information content (AvgIpc) is 3.30. The summed E-state index contributed by atoms with van der Waals surface area (Å²) in [4.78, 5) is 64.2. The maximum atomic E-state index is 12.8. The number of rotatable bonds is 15. The van der Waals surface area contributed by atoms with Crippen molar-refractivity contribution in [1.29, 1.82) is 0 Å². The number of carboxylic acids is 2. The lowest BCUT2D eigenvalue weighted by atomic mass is 10.1. The first-order chi connectivity index (χ1) is 16.4. The normalized spacial score (nSPS) is 18.4. The van der Waals surface area contributed by atoms with Crippen LogP contribution in [0.2, 0.25) is 0 Å². The van der Waals surface area contributed by atoms with E-state index in [0.29, 0.717) is 13.0 Å². The van der Waals surface area contributed by atoms with Crippen LogP contribution >= 0.6 is 0 Å². The van der Waals surface area contributed by atoms with Crippen LogP contribution in [0.25, 0.3) is 0 Å². The van der Waals surface area contributed by atoms with E-state index in [9.17, 15) is 34.2 Å². The van der Waals surface area contributed by atoms with Crippen molar-refractivity contribution < 1.29 is 39.3 Å². The van der Waals surface area contributed by atoms with Gasteiger partial charge in [0, 0.05) is 13.0 Å². The molecule has 5 unspecified atom stereocenters. The number of nitrogens with zero attached hydrogens (tertiary/aromatic N) is 1. The van der Waals surface area contributed by atoms with Gasteiger partial charge in [0.15, 0.2) is 5.96 Å². The number of hydrogen-bond donors (Lipinski definition) is 9. The van der Waals surface area contributed by atoms with Gasteiger partial charge in [0.05, 0.1) is 12.1 Å². The first-order valence-corrected chi connectivity index (χ1v) is 11.2. The Bertz CT molecular complexity index is 794. The predicted octanol–water partition coefficient (Wildman–Crippen LogP) is -3.42. The van der Waals surface area contributed by atoms with E-state index in [1.165, 1.54) is 6.92 Å². The van der Waals surface area contributed by atoms with Crippen LogP contribution in [0.1, 0.15) is 45.4 Å². The zero-order valence-electron chi connectivity index (χ0n) is 19.5. The van der Waals surface area contributed by atoms with Gasteiger partial charge in [0.1, 0.15) is 18.1 Å². The van der Waals surface area contributed by atoms with Gasteiger partial charge in [-0.3, -0.25) is 24.2 Å². The van der Waals surface area contributed by atoms with Crippen molar-refractivity contribution in [2.24, 2.45) is 16.5 Å². The van der Waals surface area contributed by atoms with E-state index in [0.717, 1.165) is 6.42 Å².